The summed E-state index contributed by atoms with van der Waals surface area (Å²) in [4.78, 5) is 0.444. The summed E-state index contributed by atoms with van der Waals surface area (Å²) in [5.74, 6) is 0. The van der Waals surface area contributed by atoms with Crippen molar-refractivity contribution in [2.24, 2.45) is 5.41 Å². The third-order valence-electron chi connectivity index (χ3n) is 5.65. The minimum Gasteiger partial charge on any atom is -0.223 e. The van der Waals surface area contributed by atoms with E-state index < -0.39 is 15.1 Å². The Balaban J connectivity index is 0.00000190. The van der Waals surface area contributed by atoms with Crippen molar-refractivity contribution in [3.8, 4) is 0 Å². The molecule has 0 radical (unpaired) electrons. The van der Waals surface area contributed by atoms with Crippen molar-refractivity contribution in [1.82, 2.24) is 0 Å². The van der Waals surface area contributed by atoms with Crippen molar-refractivity contribution in [3.63, 3.8) is 0 Å². The van der Waals surface area contributed by atoms with E-state index in [9.17, 15) is 8.42 Å². The summed E-state index contributed by atoms with van der Waals surface area (Å²) < 4.78 is 27.3. The highest BCUT2D eigenvalue weighted by molar-refractivity contribution is 15.0. The smallest absolute Gasteiger partial charge is 0.185 e. The highest BCUT2D eigenvalue weighted by atomic mass is 128. The molecule has 0 amide bonds. The van der Waals surface area contributed by atoms with E-state index >= 15 is 0 Å². The van der Waals surface area contributed by atoms with Gasteiger partial charge in [-0.1, -0.05) is 55.7 Å². The van der Waals surface area contributed by atoms with Gasteiger partial charge in [-0.25, -0.2) is 8.42 Å². The number of rotatable bonds is 6. The standard InChI is InChI=1S/C23H34O2S.I2/c1-7-9-18(3)16-21(22-19(4)10-8-15-23(22,5)6)26(24,25)20-13-11-17(2)12-14-20;1-2/h9,11-14,21H,7-8,10,15-16H2,1-6H3;/b18-9+;. The van der Waals surface area contributed by atoms with E-state index in [2.05, 4.69) is 77.9 Å². The van der Waals surface area contributed by atoms with Gasteiger partial charge in [-0.15, -0.1) is 0 Å². The molecule has 158 valence electrons. The van der Waals surface area contributed by atoms with E-state index in [1.54, 1.807) is 12.1 Å². The molecule has 2 rings (SSSR count). The summed E-state index contributed by atoms with van der Waals surface area (Å²) in [5, 5.41) is -0.469. The van der Waals surface area contributed by atoms with E-state index in [0.29, 0.717) is 11.3 Å². The number of aryl methyl sites for hydroxylation is 1. The SMILES string of the molecule is CC/C=C(\C)CC(C1=C(C)CCCC1(C)C)S(=O)(=O)c1ccc(C)cc1.II. The quantitative estimate of drug-likeness (QED) is 0.235. The van der Waals surface area contributed by atoms with Gasteiger partial charge in [0.2, 0.25) is 0 Å². The molecule has 2 nitrogen and oxygen atoms in total. The molecule has 0 heterocycles. The lowest BCUT2D eigenvalue weighted by Gasteiger charge is -2.39. The molecule has 0 fully saturated rings. The molecular formula is C23H34I2O2S. The van der Waals surface area contributed by atoms with Crippen LogP contribution in [0.5, 0.6) is 0 Å². The van der Waals surface area contributed by atoms with Crippen molar-refractivity contribution >= 4 is 47.1 Å². The van der Waals surface area contributed by atoms with E-state index in [4.69, 9.17) is 0 Å². The summed E-state index contributed by atoms with van der Waals surface area (Å²) >= 11 is 4.24. The van der Waals surface area contributed by atoms with Crippen molar-refractivity contribution < 1.29 is 8.42 Å². The molecule has 1 aromatic rings. The van der Waals surface area contributed by atoms with Crippen molar-refractivity contribution in [2.75, 3.05) is 0 Å². The molecule has 0 aromatic heterocycles. The molecule has 1 aliphatic carbocycles. The van der Waals surface area contributed by atoms with Crippen LogP contribution in [-0.2, 0) is 9.84 Å². The number of hydrogen-bond donors (Lipinski definition) is 0. The normalized spacial score (nSPS) is 18.4. The lowest BCUT2D eigenvalue weighted by molar-refractivity contribution is 0.353. The first kappa shape index (κ1) is 26.1. The van der Waals surface area contributed by atoms with Crippen LogP contribution in [0.25, 0.3) is 0 Å². The molecule has 5 heteroatoms. The largest absolute Gasteiger partial charge is 0.223 e. The number of hydrogen-bond acceptors (Lipinski definition) is 2. The van der Waals surface area contributed by atoms with Crippen molar-refractivity contribution in [2.45, 2.75) is 83.8 Å². The second kappa shape index (κ2) is 11.5. The summed E-state index contributed by atoms with van der Waals surface area (Å²) in [5.41, 5.74) is 4.59. The average molecular weight is 628 g/mol. The Kier molecular flexibility index (Phi) is 10.7. The highest BCUT2D eigenvalue weighted by Crippen LogP contribution is 2.46. The Labute approximate surface area is 195 Å². The summed E-state index contributed by atoms with van der Waals surface area (Å²) in [7, 11) is -3.43. The molecular weight excluding hydrogens is 594 g/mol. The number of halogens is 2. The number of sulfone groups is 1. The number of benzene rings is 1. The van der Waals surface area contributed by atoms with E-state index in [1.165, 1.54) is 5.57 Å². The summed E-state index contributed by atoms with van der Waals surface area (Å²) in [6, 6.07) is 7.32. The first-order valence-corrected chi connectivity index (χ1v) is 17.7. The van der Waals surface area contributed by atoms with Crippen LogP contribution in [-0.4, -0.2) is 13.7 Å². The van der Waals surface area contributed by atoms with Gasteiger partial charge in [0.15, 0.2) is 9.84 Å². The van der Waals surface area contributed by atoms with Crippen molar-refractivity contribution in [3.05, 3.63) is 52.6 Å². The number of allylic oxidation sites excluding steroid dienone is 3. The lowest BCUT2D eigenvalue weighted by atomic mass is 9.70. The maximum atomic E-state index is 13.7. The van der Waals surface area contributed by atoms with Crippen LogP contribution in [0.15, 0.2) is 52.0 Å². The maximum Gasteiger partial charge on any atom is 0.185 e. The van der Waals surface area contributed by atoms with Crippen LogP contribution in [0.4, 0.5) is 0 Å². The van der Waals surface area contributed by atoms with Crippen LogP contribution < -0.4 is 0 Å². The molecule has 1 atom stereocenters. The molecule has 0 saturated heterocycles. The molecule has 0 spiro atoms. The van der Waals surface area contributed by atoms with E-state index in [0.717, 1.165) is 42.4 Å². The molecule has 1 aliphatic rings. The van der Waals surface area contributed by atoms with Crippen molar-refractivity contribution in [1.29, 1.82) is 0 Å². The van der Waals surface area contributed by atoms with Gasteiger partial charge in [-0.05, 0) is 76.0 Å². The fourth-order valence-electron chi connectivity index (χ4n) is 4.34. The average Bonchev–Trinajstić information content (AvgIpc) is 2.62. The van der Waals surface area contributed by atoms with Gasteiger partial charge in [0, 0.05) is 37.2 Å². The zero-order valence-electron chi connectivity index (χ0n) is 18.0. The van der Waals surface area contributed by atoms with Crippen LogP contribution >= 0.6 is 37.2 Å². The maximum absolute atomic E-state index is 13.7. The van der Waals surface area contributed by atoms with E-state index in [-0.39, 0.29) is 5.41 Å². The molecule has 1 aromatic carbocycles. The van der Waals surface area contributed by atoms with Gasteiger partial charge in [0.25, 0.3) is 0 Å². The van der Waals surface area contributed by atoms with Gasteiger partial charge in [-0.3, -0.25) is 0 Å². The van der Waals surface area contributed by atoms with Gasteiger partial charge in [0.1, 0.15) is 0 Å². The van der Waals surface area contributed by atoms with Gasteiger partial charge >= 0.3 is 0 Å². The zero-order valence-corrected chi connectivity index (χ0v) is 23.1. The first-order chi connectivity index (χ1) is 13.1. The third kappa shape index (κ3) is 6.56. The van der Waals surface area contributed by atoms with Crippen LogP contribution in [0.1, 0.15) is 72.3 Å². The van der Waals surface area contributed by atoms with Crippen LogP contribution in [0.3, 0.4) is 0 Å². The first-order valence-electron chi connectivity index (χ1n) is 9.90. The summed E-state index contributed by atoms with van der Waals surface area (Å²) in [6.07, 6.45) is 6.88. The third-order valence-corrected chi connectivity index (χ3v) is 7.73. The van der Waals surface area contributed by atoms with Crippen LogP contribution in [0.2, 0.25) is 0 Å². The van der Waals surface area contributed by atoms with E-state index in [1.807, 2.05) is 19.1 Å². The Hall–Kier alpha value is 0.110. The van der Waals surface area contributed by atoms with Gasteiger partial charge < -0.3 is 0 Å². The Morgan fingerprint density at radius 1 is 1.18 bits per heavy atom. The fraction of sp³-hybridized carbons (Fsp3) is 0.565. The monoisotopic (exact) mass is 628 g/mol. The minimum atomic E-state index is -3.43. The Morgan fingerprint density at radius 3 is 2.25 bits per heavy atom. The fourth-order valence-corrected chi connectivity index (χ4v) is 6.49. The molecule has 0 N–H and O–H groups in total. The molecule has 0 saturated carbocycles. The zero-order chi connectivity index (χ0) is 21.5. The highest BCUT2D eigenvalue weighted by Gasteiger charge is 2.40. The topological polar surface area (TPSA) is 34.1 Å². The Bertz CT molecular complexity index is 804. The minimum absolute atomic E-state index is 0.0722. The molecule has 0 aliphatic heterocycles. The molecule has 1 unspecified atom stereocenters. The predicted molar refractivity (Wildman–Crippen MR) is 139 cm³/mol. The second-order valence-corrected chi connectivity index (χ2v) is 10.6. The Morgan fingerprint density at radius 2 is 1.75 bits per heavy atom. The summed E-state index contributed by atoms with van der Waals surface area (Å²) in [6.45, 7) is 12.7. The predicted octanol–water partition coefficient (Wildman–Crippen LogP) is 8.18. The second-order valence-electron chi connectivity index (χ2n) is 8.44. The molecule has 28 heavy (non-hydrogen) atoms. The van der Waals surface area contributed by atoms with Gasteiger partial charge in [-0.2, -0.15) is 0 Å². The van der Waals surface area contributed by atoms with Gasteiger partial charge in [0.05, 0.1) is 10.1 Å². The van der Waals surface area contributed by atoms with Crippen LogP contribution in [0, 0.1) is 12.3 Å². The molecule has 0 bridgehead atoms. The lowest BCUT2D eigenvalue weighted by Crippen LogP contribution is -2.34.